The summed E-state index contributed by atoms with van der Waals surface area (Å²) in [5.74, 6) is 0.0222. The molecule has 2 fully saturated rings. The quantitative estimate of drug-likeness (QED) is 0.653. The fraction of sp³-hybridized carbons (Fsp3) is 0.429. The zero-order chi connectivity index (χ0) is 20.9. The Morgan fingerprint density at radius 3 is 2.83 bits per heavy atom. The molecule has 1 aliphatic carbocycles. The molecule has 9 heteroatoms. The minimum atomic E-state index is -1.51. The third-order valence-corrected chi connectivity index (χ3v) is 6.82. The predicted molar refractivity (Wildman–Crippen MR) is 113 cm³/mol. The number of hydrogen-bond acceptors (Lipinski definition) is 6. The number of anilines is 1. The van der Waals surface area contributed by atoms with Crippen LogP contribution in [0.3, 0.4) is 0 Å². The van der Waals surface area contributed by atoms with E-state index in [2.05, 4.69) is 20.3 Å². The number of halogens is 1. The lowest BCUT2D eigenvalue weighted by Crippen LogP contribution is -2.44. The van der Waals surface area contributed by atoms with Crippen molar-refractivity contribution < 1.29 is 9.18 Å². The molecule has 30 heavy (non-hydrogen) atoms. The van der Waals surface area contributed by atoms with E-state index in [9.17, 15) is 14.0 Å². The second kappa shape index (κ2) is 7.16. The number of amides is 1. The average Bonchev–Trinajstić information content (AvgIpc) is 3.16. The summed E-state index contributed by atoms with van der Waals surface area (Å²) in [5.41, 5.74) is -0.703. The van der Waals surface area contributed by atoms with Crippen LogP contribution in [0.2, 0.25) is 0 Å². The lowest BCUT2D eigenvalue weighted by atomic mass is 10.1. The lowest BCUT2D eigenvalue weighted by molar-refractivity contribution is -0.122. The minimum Gasteiger partial charge on any atom is -0.348 e. The van der Waals surface area contributed by atoms with Crippen molar-refractivity contribution in [2.24, 2.45) is 0 Å². The Morgan fingerprint density at radius 2 is 2.10 bits per heavy atom. The molecular formula is C21H22FN5O2S. The number of H-pyrrole nitrogens is 1. The SMILES string of the molecule is C[C@@H](NC(=O)[C@H]1CCCN1c1nc2c(=O)[nH]c(C3(F)CC3)nc2s1)c1ccccc1. The first-order valence-electron chi connectivity index (χ1n) is 10.2. The van der Waals surface area contributed by atoms with Crippen LogP contribution in [0.5, 0.6) is 0 Å². The lowest BCUT2D eigenvalue weighted by Gasteiger charge is -2.25. The summed E-state index contributed by atoms with van der Waals surface area (Å²) in [6.07, 6.45) is 2.32. The van der Waals surface area contributed by atoms with Gasteiger partial charge < -0.3 is 15.2 Å². The zero-order valence-corrected chi connectivity index (χ0v) is 17.3. The Bertz CT molecular complexity index is 1160. The van der Waals surface area contributed by atoms with Crippen LogP contribution >= 0.6 is 11.3 Å². The van der Waals surface area contributed by atoms with Crippen LogP contribution in [-0.2, 0) is 10.5 Å². The topological polar surface area (TPSA) is 91.0 Å². The van der Waals surface area contributed by atoms with E-state index in [-0.39, 0.29) is 29.3 Å². The van der Waals surface area contributed by atoms with Crippen LogP contribution in [0.1, 0.15) is 50.0 Å². The second-order valence-electron chi connectivity index (χ2n) is 8.02. The molecule has 3 heterocycles. The van der Waals surface area contributed by atoms with Crippen molar-refractivity contribution in [1.29, 1.82) is 0 Å². The van der Waals surface area contributed by atoms with Crippen molar-refractivity contribution in [2.75, 3.05) is 11.4 Å². The van der Waals surface area contributed by atoms with Crippen molar-refractivity contribution in [3.63, 3.8) is 0 Å². The molecular weight excluding hydrogens is 405 g/mol. The molecule has 1 saturated carbocycles. The number of carbonyl (C=O) groups is 1. The van der Waals surface area contributed by atoms with Crippen molar-refractivity contribution in [1.82, 2.24) is 20.3 Å². The molecule has 1 aliphatic heterocycles. The van der Waals surface area contributed by atoms with Gasteiger partial charge in [-0.15, -0.1) is 0 Å². The molecule has 2 aliphatic rings. The maximum atomic E-state index is 14.4. The Morgan fingerprint density at radius 1 is 1.33 bits per heavy atom. The third-order valence-electron chi connectivity index (χ3n) is 5.83. The van der Waals surface area contributed by atoms with Gasteiger partial charge in [-0.3, -0.25) is 9.59 Å². The molecule has 3 aromatic rings. The first-order valence-corrected chi connectivity index (χ1v) is 11.0. The van der Waals surface area contributed by atoms with Crippen LogP contribution < -0.4 is 15.8 Å². The third kappa shape index (κ3) is 3.36. The van der Waals surface area contributed by atoms with Crippen LogP contribution in [0.25, 0.3) is 10.3 Å². The maximum Gasteiger partial charge on any atom is 0.278 e. The number of aromatic amines is 1. The number of benzene rings is 1. The first kappa shape index (κ1) is 19.2. The zero-order valence-electron chi connectivity index (χ0n) is 16.5. The Hall–Kier alpha value is -2.81. The summed E-state index contributed by atoms with van der Waals surface area (Å²) >= 11 is 1.24. The van der Waals surface area contributed by atoms with Gasteiger partial charge >= 0.3 is 0 Å². The van der Waals surface area contributed by atoms with Gasteiger partial charge in [0, 0.05) is 6.54 Å². The highest BCUT2D eigenvalue weighted by Crippen LogP contribution is 2.48. The molecule has 0 unspecified atom stereocenters. The molecule has 2 aromatic heterocycles. The van der Waals surface area contributed by atoms with E-state index in [0.29, 0.717) is 35.8 Å². The van der Waals surface area contributed by atoms with Crippen molar-refractivity contribution in [3.05, 3.63) is 52.1 Å². The van der Waals surface area contributed by atoms with Crippen molar-refractivity contribution in [3.8, 4) is 0 Å². The number of nitrogens with zero attached hydrogens (tertiary/aromatic N) is 3. The van der Waals surface area contributed by atoms with Crippen molar-refractivity contribution >= 4 is 32.7 Å². The maximum absolute atomic E-state index is 14.4. The van der Waals surface area contributed by atoms with Gasteiger partial charge in [-0.2, -0.15) is 0 Å². The number of fused-ring (bicyclic) bond motifs is 1. The number of nitrogens with one attached hydrogen (secondary N) is 2. The fourth-order valence-electron chi connectivity index (χ4n) is 3.91. The Labute approximate surface area is 176 Å². The van der Waals surface area contributed by atoms with Gasteiger partial charge in [0.25, 0.3) is 5.56 Å². The number of hydrogen-bond donors (Lipinski definition) is 2. The van der Waals surface area contributed by atoms with Gasteiger partial charge in [-0.05, 0) is 38.2 Å². The number of aromatic nitrogens is 3. The van der Waals surface area contributed by atoms with E-state index in [0.717, 1.165) is 12.0 Å². The molecule has 0 spiro atoms. The molecule has 7 nitrogen and oxygen atoms in total. The van der Waals surface area contributed by atoms with Gasteiger partial charge in [0.2, 0.25) is 5.91 Å². The predicted octanol–water partition coefficient (Wildman–Crippen LogP) is 3.18. The van der Waals surface area contributed by atoms with E-state index in [1.54, 1.807) is 0 Å². The van der Waals surface area contributed by atoms with Gasteiger partial charge in [0.05, 0.1) is 6.04 Å². The monoisotopic (exact) mass is 427 g/mol. The molecule has 156 valence electrons. The van der Waals surface area contributed by atoms with E-state index < -0.39 is 11.2 Å². The summed E-state index contributed by atoms with van der Waals surface area (Å²) < 4.78 is 14.4. The minimum absolute atomic E-state index is 0.0636. The molecule has 0 bridgehead atoms. The second-order valence-corrected chi connectivity index (χ2v) is 8.98. The van der Waals surface area contributed by atoms with Gasteiger partial charge in [-0.1, -0.05) is 41.7 Å². The number of thiazole rings is 1. The van der Waals surface area contributed by atoms with E-state index >= 15 is 0 Å². The summed E-state index contributed by atoms with van der Waals surface area (Å²) in [4.78, 5) is 39.0. The molecule has 2 atom stereocenters. The van der Waals surface area contributed by atoms with Crippen LogP contribution in [0, 0.1) is 0 Å². The summed E-state index contributed by atoms with van der Waals surface area (Å²) in [7, 11) is 0. The fourth-order valence-corrected chi connectivity index (χ4v) is 4.92. The van der Waals surface area contributed by atoms with E-state index in [1.807, 2.05) is 42.2 Å². The van der Waals surface area contributed by atoms with Crippen LogP contribution in [0.4, 0.5) is 9.52 Å². The highest BCUT2D eigenvalue weighted by atomic mass is 32.1. The molecule has 1 aromatic carbocycles. The Balaban J connectivity index is 1.39. The molecule has 1 saturated heterocycles. The highest BCUT2D eigenvalue weighted by molar-refractivity contribution is 7.21. The van der Waals surface area contributed by atoms with Crippen molar-refractivity contribution in [2.45, 2.75) is 50.4 Å². The largest absolute Gasteiger partial charge is 0.348 e. The molecule has 5 rings (SSSR count). The van der Waals surface area contributed by atoms with E-state index in [1.165, 1.54) is 11.3 Å². The number of carbonyl (C=O) groups excluding carboxylic acids is 1. The van der Waals surface area contributed by atoms with Gasteiger partial charge in [0.1, 0.15) is 11.9 Å². The van der Waals surface area contributed by atoms with Gasteiger partial charge in [-0.25, -0.2) is 14.4 Å². The van der Waals surface area contributed by atoms with E-state index in [4.69, 9.17) is 0 Å². The molecule has 1 amide bonds. The highest BCUT2D eigenvalue weighted by Gasteiger charge is 2.48. The smallest absolute Gasteiger partial charge is 0.278 e. The summed E-state index contributed by atoms with van der Waals surface area (Å²) in [6, 6.07) is 9.34. The molecule has 0 radical (unpaired) electrons. The van der Waals surface area contributed by atoms with Crippen LogP contribution in [-0.4, -0.2) is 33.4 Å². The Kier molecular flexibility index (Phi) is 4.57. The average molecular weight is 428 g/mol. The number of rotatable bonds is 5. The summed E-state index contributed by atoms with van der Waals surface area (Å²) in [5, 5.41) is 3.66. The standard InChI is InChI=1S/C21H22FN5O2S/c1-12(13-6-3-2-4-7-13)23-16(28)14-8-5-11-27(14)20-24-15-17(29)25-19(21(22)9-10-21)26-18(15)30-20/h2-4,6-7,12,14H,5,8-11H2,1H3,(H,23,28)(H,25,26,29)/t12-,14-/m1/s1. The number of alkyl halides is 1. The normalized spacial score (nSPS) is 21.0. The first-order chi connectivity index (χ1) is 14.4. The van der Waals surface area contributed by atoms with Gasteiger partial charge in [0.15, 0.2) is 21.1 Å². The summed E-state index contributed by atoms with van der Waals surface area (Å²) in [6.45, 7) is 2.63. The van der Waals surface area contributed by atoms with Crippen LogP contribution in [0.15, 0.2) is 35.1 Å². The molecule has 2 N–H and O–H groups in total.